The summed E-state index contributed by atoms with van der Waals surface area (Å²) in [5, 5.41) is 15.6. The third-order valence-electron chi connectivity index (χ3n) is 3.30. The van der Waals surface area contributed by atoms with Gasteiger partial charge in [0, 0.05) is 22.7 Å². The molecule has 1 aromatic heterocycles. The Kier molecular flexibility index (Phi) is 4.87. The summed E-state index contributed by atoms with van der Waals surface area (Å²) in [5.74, 6) is 0.873. The molecule has 9 heteroatoms. The van der Waals surface area contributed by atoms with Gasteiger partial charge in [-0.05, 0) is 25.1 Å². The summed E-state index contributed by atoms with van der Waals surface area (Å²) in [6.07, 6.45) is -0.571. The van der Waals surface area contributed by atoms with Crippen LogP contribution >= 0.6 is 23.2 Å². The van der Waals surface area contributed by atoms with Gasteiger partial charge >= 0.3 is 0 Å². The number of halogens is 2. The standard InChI is InChI=1S/C16H11Cl2N3O4/c1-9(24-14-6-5-11(17)8-13(14)18)16-19-15(20-25-16)10-3-2-4-12(7-10)21(22)23/h2-9H,1H3/t9-/m1/s1. The van der Waals surface area contributed by atoms with Crippen LogP contribution in [0.1, 0.15) is 18.9 Å². The molecule has 0 fully saturated rings. The first-order chi connectivity index (χ1) is 11.9. The molecule has 0 N–H and O–H groups in total. The maximum Gasteiger partial charge on any atom is 0.270 e. The number of benzene rings is 2. The van der Waals surface area contributed by atoms with Crippen LogP contribution in [0.5, 0.6) is 5.75 Å². The van der Waals surface area contributed by atoms with Crippen LogP contribution in [0.2, 0.25) is 10.0 Å². The number of nitrogens with zero attached hydrogens (tertiary/aromatic N) is 3. The average molecular weight is 380 g/mol. The summed E-state index contributed by atoms with van der Waals surface area (Å²) in [4.78, 5) is 14.6. The van der Waals surface area contributed by atoms with E-state index in [1.165, 1.54) is 12.1 Å². The summed E-state index contributed by atoms with van der Waals surface area (Å²) in [6, 6.07) is 10.8. The highest BCUT2D eigenvalue weighted by molar-refractivity contribution is 6.35. The van der Waals surface area contributed by atoms with E-state index in [4.69, 9.17) is 32.5 Å². The van der Waals surface area contributed by atoms with Gasteiger partial charge in [0.2, 0.25) is 5.82 Å². The highest BCUT2D eigenvalue weighted by atomic mass is 35.5. The van der Waals surface area contributed by atoms with E-state index in [9.17, 15) is 10.1 Å². The molecule has 0 aliphatic carbocycles. The molecule has 1 heterocycles. The zero-order valence-electron chi connectivity index (χ0n) is 12.8. The normalized spacial score (nSPS) is 12.0. The van der Waals surface area contributed by atoms with Crippen LogP contribution in [0, 0.1) is 10.1 Å². The lowest BCUT2D eigenvalue weighted by Crippen LogP contribution is -2.03. The summed E-state index contributed by atoms with van der Waals surface area (Å²) in [7, 11) is 0. The van der Waals surface area contributed by atoms with Crippen LogP contribution in [0.3, 0.4) is 0 Å². The lowest BCUT2D eigenvalue weighted by atomic mass is 10.2. The quantitative estimate of drug-likeness (QED) is 0.452. The second-order valence-electron chi connectivity index (χ2n) is 5.10. The van der Waals surface area contributed by atoms with Crippen molar-refractivity contribution < 1.29 is 14.2 Å². The first-order valence-electron chi connectivity index (χ1n) is 7.14. The van der Waals surface area contributed by atoms with E-state index in [2.05, 4.69) is 10.1 Å². The van der Waals surface area contributed by atoms with Crippen molar-refractivity contribution in [2.75, 3.05) is 0 Å². The summed E-state index contributed by atoms with van der Waals surface area (Å²) in [6.45, 7) is 1.72. The second-order valence-corrected chi connectivity index (χ2v) is 5.94. The Labute approximate surface area is 152 Å². The van der Waals surface area contributed by atoms with Crippen LogP contribution in [0.25, 0.3) is 11.4 Å². The van der Waals surface area contributed by atoms with Crippen LogP contribution in [0.15, 0.2) is 47.0 Å². The largest absolute Gasteiger partial charge is 0.479 e. The lowest BCUT2D eigenvalue weighted by Gasteiger charge is -2.12. The van der Waals surface area contributed by atoms with Gasteiger partial charge < -0.3 is 9.26 Å². The molecule has 0 bridgehead atoms. The number of ether oxygens (including phenoxy) is 1. The minimum Gasteiger partial charge on any atom is -0.479 e. The second kappa shape index (κ2) is 7.08. The number of hydrogen-bond acceptors (Lipinski definition) is 6. The summed E-state index contributed by atoms with van der Waals surface area (Å²) >= 11 is 11.9. The Morgan fingerprint density at radius 2 is 2.04 bits per heavy atom. The van der Waals surface area contributed by atoms with Crippen molar-refractivity contribution in [1.29, 1.82) is 0 Å². The number of aromatic nitrogens is 2. The Bertz CT molecular complexity index is 929. The number of non-ortho nitro benzene ring substituents is 1. The molecule has 2 aromatic carbocycles. The lowest BCUT2D eigenvalue weighted by molar-refractivity contribution is -0.384. The molecule has 3 aromatic rings. The number of hydrogen-bond donors (Lipinski definition) is 0. The molecule has 25 heavy (non-hydrogen) atoms. The van der Waals surface area contributed by atoms with Gasteiger partial charge in [-0.25, -0.2) is 0 Å². The zero-order chi connectivity index (χ0) is 18.0. The molecule has 128 valence electrons. The molecular formula is C16H11Cl2N3O4. The van der Waals surface area contributed by atoms with Gasteiger partial charge in [-0.2, -0.15) is 4.98 Å². The van der Waals surface area contributed by atoms with Crippen molar-refractivity contribution >= 4 is 28.9 Å². The van der Waals surface area contributed by atoms with Gasteiger partial charge in [0.15, 0.2) is 6.10 Å². The van der Waals surface area contributed by atoms with E-state index in [1.54, 1.807) is 37.3 Å². The van der Waals surface area contributed by atoms with Gasteiger partial charge in [-0.3, -0.25) is 10.1 Å². The van der Waals surface area contributed by atoms with Crippen molar-refractivity contribution in [2.45, 2.75) is 13.0 Å². The first kappa shape index (κ1) is 17.2. The summed E-state index contributed by atoms with van der Waals surface area (Å²) in [5.41, 5.74) is 0.419. The van der Waals surface area contributed by atoms with Crippen LogP contribution in [-0.2, 0) is 0 Å². The van der Waals surface area contributed by atoms with Crippen molar-refractivity contribution in [2.24, 2.45) is 0 Å². The van der Waals surface area contributed by atoms with Gasteiger partial charge in [-0.15, -0.1) is 0 Å². The fraction of sp³-hybridized carbons (Fsp3) is 0.125. The van der Waals surface area contributed by atoms with Crippen LogP contribution in [-0.4, -0.2) is 15.1 Å². The Morgan fingerprint density at radius 3 is 2.76 bits per heavy atom. The molecule has 0 radical (unpaired) electrons. The Hall–Kier alpha value is -2.64. The fourth-order valence-corrected chi connectivity index (χ4v) is 2.54. The SMILES string of the molecule is C[C@@H](Oc1ccc(Cl)cc1Cl)c1nc(-c2cccc([N+](=O)[O-])c2)no1. The maximum atomic E-state index is 10.9. The van der Waals surface area contributed by atoms with Gasteiger partial charge in [-0.1, -0.05) is 40.5 Å². The Morgan fingerprint density at radius 1 is 1.24 bits per heavy atom. The predicted octanol–water partition coefficient (Wildman–Crippen LogP) is 5.09. The topological polar surface area (TPSA) is 91.3 Å². The third-order valence-corrected chi connectivity index (χ3v) is 3.83. The van der Waals surface area contributed by atoms with Crippen molar-refractivity contribution in [3.05, 3.63) is 68.5 Å². The monoisotopic (exact) mass is 379 g/mol. The molecule has 1 atom stereocenters. The molecular weight excluding hydrogens is 369 g/mol. The molecule has 7 nitrogen and oxygen atoms in total. The minimum atomic E-state index is -0.571. The van der Waals surface area contributed by atoms with Gasteiger partial charge in [0.05, 0.1) is 9.95 Å². The van der Waals surface area contributed by atoms with E-state index in [0.29, 0.717) is 21.4 Å². The number of rotatable bonds is 5. The van der Waals surface area contributed by atoms with Crippen LogP contribution < -0.4 is 4.74 Å². The van der Waals surface area contributed by atoms with Crippen LogP contribution in [0.4, 0.5) is 5.69 Å². The third kappa shape index (κ3) is 3.89. The fourth-order valence-electron chi connectivity index (χ4n) is 2.09. The molecule has 0 amide bonds. The summed E-state index contributed by atoms with van der Waals surface area (Å²) < 4.78 is 10.9. The van der Waals surface area contributed by atoms with Crippen molar-refractivity contribution in [1.82, 2.24) is 10.1 Å². The van der Waals surface area contributed by atoms with E-state index in [-0.39, 0.29) is 17.4 Å². The first-order valence-corrected chi connectivity index (χ1v) is 7.90. The van der Waals surface area contributed by atoms with Gasteiger partial charge in [0.25, 0.3) is 11.6 Å². The highest BCUT2D eigenvalue weighted by Gasteiger charge is 2.19. The highest BCUT2D eigenvalue weighted by Crippen LogP contribution is 2.31. The average Bonchev–Trinajstić information content (AvgIpc) is 3.07. The van der Waals surface area contributed by atoms with E-state index in [1.807, 2.05) is 0 Å². The smallest absolute Gasteiger partial charge is 0.270 e. The molecule has 0 aliphatic heterocycles. The maximum absolute atomic E-state index is 10.9. The molecule has 0 aliphatic rings. The minimum absolute atomic E-state index is 0.0545. The van der Waals surface area contributed by atoms with Crippen molar-refractivity contribution in [3.8, 4) is 17.1 Å². The van der Waals surface area contributed by atoms with Crippen molar-refractivity contribution in [3.63, 3.8) is 0 Å². The number of nitro groups is 1. The van der Waals surface area contributed by atoms with E-state index >= 15 is 0 Å². The van der Waals surface area contributed by atoms with Gasteiger partial charge in [0.1, 0.15) is 5.75 Å². The predicted molar refractivity (Wildman–Crippen MR) is 91.9 cm³/mol. The molecule has 0 saturated heterocycles. The van der Waals surface area contributed by atoms with E-state index < -0.39 is 11.0 Å². The molecule has 0 saturated carbocycles. The number of nitro benzene ring substituents is 1. The van der Waals surface area contributed by atoms with E-state index in [0.717, 1.165) is 0 Å². The molecule has 0 unspecified atom stereocenters. The zero-order valence-corrected chi connectivity index (χ0v) is 14.4. The molecule has 0 spiro atoms. The Balaban J connectivity index is 1.81. The molecule has 3 rings (SSSR count).